The summed E-state index contributed by atoms with van der Waals surface area (Å²) in [5.74, 6) is 0. The highest BCUT2D eigenvalue weighted by Crippen LogP contribution is 2.30. The van der Waals surface area contributed by atoms with Crippen LogP contribution in [0.3, 0.4) is 0 Å². The van der Waals surface area contributed by atoms with Crippen molar-refractivity contribution in [3.8, 4) is 17.2 Å². The van der Waals surface area contributed by atoms with Gasteiger partial charge in [0.15, 0.2) is 0 Å². The molecule has 0 unspecified atom stereocenters. The number of imidazole rings is 1. The molecule has 0 N–H and O–H groups in total. The van der Waals surface area contributed by atoms with Gasteiger partial charge in [0.05, 0.1) is 21.6 Å². The fourth-order valence-electron chi connectivity index (χ4n) is 2.97. The lowest BCUT2D eigenvalue weighted by Gasteiger charge is -2.18. The van der Waals surface area contributed by atoms with E-state index in [1.807, 2.05) is 18.2 Å². The summed E-state index contributed by atoms with van der Waals surface area (Å²) >= 11 is 6.09. The van der Waals surface area contributed by atoms with Crippen LogP contribution in [0, 0.1) is 16.7 Å². The molecule has 0 aliphatic carbocycles. The molecule has 3 rings (SSSR count). The van der Waals surface area contributed by atoms with Crippen molar-refractivity contribution in [2.24, 2.45) is 12.5 Å². The molecule has 0 aliphatic heterocycles. The number of nitrogens with zero attached hydrogens (tertiary/aromatic N) is 4. The first-order valence-corrected chi connectivity index (χ1v) is 8.34. The number of hydrogen-bond acceptors (Lipinski definition) is 3. The standard InChI is InChI=1S/C19H19ClN4O/c1-19(2,3)11-24-16-6-5-12(7-17(16)23(4)18(24)25)14-9-22-10-15(20)13(14)8-21/h5-7,9-10H,11H2,1-4H3. The molecule has 1 aromatic carbocycles. The number of hydrogen-bond donors (Lipinski definition) is 0. The number of nitriles is 1. The highest BCUT2D eigenvalue weighted by molar-refractivity contribution is 6.32. The van der Waals surface area contributed by atoms with Crippen LogP contribution in [-0.4, -0.2) is 14.1 Å². The van der Waals surface area contributed by atoms with Crippen molar-refractivity contribution >= 4 is 22.6 Å². The summed E-state index contributed by atoms with van der Waals surface area (Å²) in [4.78, 5) is 16.7. The minimum atomic E-state index is -0.0493. The van der Waals surface area contributed by atoms with E-state index in [-0.39, 0.29) is 11.1 Å². The maximum Gasteiger partial charge on any atom is 0.328 e. The van der Waals surface area contributed by atoms with Gasteiger partial charge in [-0.25, -0.2) is 4.79 Å². The third-order valence-corrected chi connectivity index (χ3v) is 4.39. The smallest absolute Gasteiger partial charge is 0.295 e. The quantitative estimate of drug-likeness (QED) is 0.699. The molecule has 0 saturated heterocycles. The number of halogens is 1. The number of pyridine rings is 1. The van der Waals surface area contributed by atoms with Crippen molar-refractivity contribution < 1.29 is 0 Å². The molecular formula is C19H19ClN4O. The normalized spacial score (nSPS) is 11.7. The topological polar surface area (TPSA) is 63.6 Å². The molecule has 0 spiro atoms. The highest BCUT2D eigenvalue weighted by Gasteiger charge is 2.18. The summed E-state index contributed by atoms with van der Waals surface area (Å²) in [5, 5.41) is 9.70. The van der Waals surface area contributed by atoms with Gasteiger partial charge < -0.3 is 0 Å². The third-order valence-electron chi connectivity index (χ3n) is 4.10. The molecule has 0 bridgehead atoms. The van der Waals surface area contributed by atoms with E-state index in [0.29, 0.717) is 22.7 Å². The highest BCUT2D eigenvalue weighted by atomic mass is 35.5. The molecule has 0 amide bonds. The Labute approximate surface area is 151 Å². The van der Waals surface area contributed by atoms with E-state index in [1.165, 1.54) is 6.20 Å². The average Bonchev–Trinajstić information content (AvgIpc) is 2.78. The Morgan fingerprint density at radius 1 is 1.24 bits per heavy atom. The zero-order chi connectivity index (χ0) is 18.4. The predicted octanol–water partition coefficient (Wildman–Crippen LogP) is 3.97. The van der Waals surface area contributed by atoms with E-state index in [1.54, 1.807) is 22.4 Å². The first-order chi connectivity index (χ1) is 11.7. The van der Waals surface area contributed by atoms with Crippen LogP contribution >= 0.6 is 11.6 Å². The minimum Gasteiger partial charge on any atom is -0.295 e. The van der Waals surface area contributed by atoms with Crippen LogP contribution in [0.2, 0.25) is 5.02 Å². The van der Waals surface area contributed by atoms with Gasteiger partial charge in [0, 0.05) is 31.5 Å². The lowest BCUT2D eigenvalue weighted by atomic mass is 9.97. The van der Waals surface area contributed by atoms with Crippen LogP contribution in [0.15, 0.2) is 35.4 Å². The van der Waals surface area contributed by atoms with Crippen molar-refractivity contribution in [1.82, 2.24) is 14.1 Å². The second-order valence-electron chi connectivity index (χ2n) is 7.35. The van der Waals surface area contributed by atoms with E-state index in [2.05, 4.69) is 31.8 Å². The Balaban J connectivity index is 2.24. The lowest BCUT2D eigenvalue weighted by molar-refractivity contribution is 0.342. The van der Waals surface area contributed by atoms with Crippen molar-refractivity contribution in [2.45, 2.75) is 27.3 Å². The van der Waals surface area contributed by atoms with Crippen LogP contribution in [0.1, 0.15) is 26.3 Å². The zero-order valence-corrected chi connectivity index (χ0v) is 15.4. The molecule has 3 aromatic rings. The minimum absolute atomic E-state index is 0.0123. The van der Waals surface area contributed by atoms with Crippen LogP contribution in [0.5, 0.6) is 0 Å². The van der Waals surface area contributed by atoms with Crippen LogP contribution in [0.25, 0.3) is 22.2 Å². The van der Waals surface area contributed by atoms with Crippen molar-refractivity contribution in [2.75, 3.05) is 0 Å². The van der Waals surface area contributed by atoms with E-state index >= 15 is 0 Å². The Kier molecular flexibility index (Phi) is 4.18. The van der Waals surface area contributed by atoms with E-state index in [9.17, 15) is 10.1 Å². The SMILES string of the molecule is Cn1c(=O)n(CC(C)(C)C)c2ccc(-c3cncc(Cl)c3C#N)cc21. The molecule has 6 heteroatoms. The molecule has 0 fully saturated rings. The first-order valence-electron chi connectivity index (χ1n) is 7.96. The molecule has 0 saturated carbocycles. The van der Waals surface area contributed by atoms with Gasteiger partial charge in [0.2, 0.25) is 0 Å². The second-order valence-corrected chi connectivity index (χ2v) is 7.75. The number of aromatic nitrogens is 3. The van der Waals surface area contributed by atoms with Gasteiger partial charge >= 0.3 is 5.69 Å². The molecule has 2 aromatic heterocycles. The number of fused-ring (bicyclic) bond motifs is 1. The van der Waals surface area contributed by atoms with Gasteiger partial charge in [-0.1, -0.05) is 38.4 Å². The van der Waals surface area contributed by atoms with Crippen molar-refractivity contribution in [3.05, 3.63) is 51.7 Å². The summed E-state index contributed by atoms with van der Waals surface area (Å²) in [6.45, 7) is 6.93. The van der Waals surface area contributed by atoms with Crippen molar-refractivity contribution in [3.63, 3.8) is 0 Å². The molecule has 25 heavy (non-hydrogen) atoms. The Morgan fingerprint density at radius 3 is 2.60 bits per heavy atom. The maximum absolute atomic E-state index is 12.6. The molecule has 2 heterocycles. The van der Waals surface area contributed by atoms with Crippen LogP contribution in [0.4, 0.5) is 0 Å². The molecule has 0 radical (unpaired) electrons. The predicted molar refractivity (Wildman–Crippen MR) is 99.6 cm³/mol. The summed E-state index contributed by atoms with van der Waals surface area (Å²) in [6, 6.07) is 7.85. The first kappa shape index (κ1) is 17.2. The van der Waals surface area contributed by atoms with Gasteiger partial charge in [0.1, 0.15) is 6.07 Å². The van der Waals surface area contributed by atoms with E-state index < -0.39 is 0 Å². The summed E-state index contributed by atoms with van der Waals surface area (Å²) < 4.78 is 3.43. The maximum atomic E-state index is 12.6. The van der Waals surface area contributed by atoms with Gasteiger partial charge in [-0.05, 0) is 23.1 Å². The third kappa shape index (κ3) is 3.06. The Bertz CT molecular complexity index is 1060. The molecule has 0 atom stereocenters. The molecule has 5 nitrogen and oxygen atoms in total. The summed E-state index contributed by atoms with van der Waals surface area (Å²) in [5.41, 5.74) is 3.48. The van der Waals surface area contributed by atoms with Crippen LogP contribution in [-0.2, 0) is 13.6 Å². The zero-order valence-electron chi connectivity index (χ0n) is 14.7. The number of rotatable bonds is 2. The molecule has 0 aliphatic rings. The fourth-order valence-corrected chi connectivity index (χ4v) is 3.17. The fraction of sp³-hybridized carbons (Fsp3) is 0.316. The van der Waals surface area contributed by atoms with Gasteiger partial charge in [0.25, 0.3) is 0 Å². The van der Waals surface area contributed by atoms with Crippen LogP contribution < -0.4 is 5.69 Å². The number of aryl methyl sites for hydroxylation is 1. The summed E-state index contributed by atoms with van der Waals surface area (Å²) in [6.07, 6.45) is 3.08. The van der Waals surface area contributed by atoms with Gasteiger partial charge in [-0.2, -0.15) is 5.26 Å². The Hall–Kier alpha value is -2.58. The molecular weight excluding hydrogens is 336 g/mol. The largest absolute Gasteiger partial charge is 0.328 e. The second kappa shape index (κ2) is 6.05. The average molecular weight is 355 g/mol. The van der Waals surface area contributed by atoms with Gasteiger partial charge in [-0.15, -0.1) is 0 Å². The van der Waals surface area contributed by atoms with Crippen molar-refractivity contribution in [1.29, 1.82) is 5.26 Å². The van der Waals surface area contributed by atoms with E-state index in [0.717, 1.165) is 16.6 Å². The summed E-state index contributed by atoms with van der Waals surface area (Å²) in [7, 11) is 1.76. The lowest BCUT2D eigenvalue weighted by Crippen LogP contribution is -2.27. The molecule has 128 valence electrons. The van der Waals surface area contributed by atoms with Gasteiger partial charge in [-0.3, -0.25) is 14.1 Å². The number of benzene rings is 1. The van der Waals surface area contributed by atoms with E-state index in [4.69, 9.17) is 11.6 Å². The monoisotopic (exact) mass is 354 g/mol. The Morgan fingerprint density at radius 2 is 1.96 bits per heavy atom.